The predicted molar refractivity (Wildman–Crippen MR) is 110 cm³/mol. The molecular formula is C22H20N4O2. The summed E-state index contributed by atoms with van der Waals surface area (Å²) in [5.41, 5.74) is 2.27. The Kier molecular flexibility index (Phi) is 5.20. The molecule has 4 rings (SSSR count). The molecule has 6 heteroatoms. The third-order valence-electron chi connectivity index (χ3n) is 4.29. The van der Waals surface area contributed by atoms with Gasteiger partial charge in [0.25, 0.3) is 0 Å². The molecule has 6 nitrogen and oxygen atoms in total. The number of carbonyl (C=O) groups is 1. The first-order valence-corrected chi connectivity index (χ1v) is 9.08. The number of fused-ring (bicyclic) bond motifs is 1. The number of aromatic amines is 1. The van der Waals surface area contributed by atoms with Crippen molar-refractivity contribution in [2.45, 2.75) is 6.42 Å². The Morgan fingerprint density at radius 1 is 0.964 bits per heavy atom. The van der Waals surface area contributed by atoms with Gasteiger partial charge in [0, 0.05) is 29.7 Å². The van der Waals surface area contributed by atoms with Gasteiger partial charge in [-0.05, 0) is 36.2 Å². The first-order chi connectivity index (χ1) is 13.8. The molecule has 2 heterocycles. The number of amides is 2. The van der Waals surface area contributed by atoms with Gasteiger partial charge in [0.15, 0.2) is 0 Å². The normalized spacial score (nSPS) is 10.6. The van der Waals surface area contributed by atoms with E-state index in [2.05, 4.69) is 26.7 Å². The quantitative estimate of drug-likeness (QED) is 0.458. The van der Waals surface area contributed by atoms with Crippen LogP contribution in [0, 0.1) is 0 Å². The molecule has 0 unspecified atom stereocenters. The van der Waals surface area contributed by atoms with E-state index in [1.165, 1.54) is 10.9 Å². The molecular weight excluding hydrogens is 352 g/mol. The molecule has 0 aliphatic carbocycles. The lowest BCUT2D eigenvalue weighted by atomic mass is 10.1. The van der Waals surface area contributed by atoms with Gasteiger partial charge in [-0.15, -0.1) is 0 Å². The van der Waals surface area contributed by atoms with Crippen LogP contribution in [0.1, 0.15) is 5.56 Å². The maximum atomic E-state index is 12.2. The van der Waals surface area contributed by atoms with Crippen molar-refractivity contribution in [3.8, 4) is 11.6 Å². The van der Waals surface area contributed by atoms with E-state index in [1.54, 1.807) is 18.2 Å². The molecule has 0 saturated carbocycles. The first-order valence-electron chi connectivity index (χ1n) is 9.08. The summed E-state index contributed by atoms with van der Waals surface area (Å²) in [5, 5.41) is 6.77. The minimum absolute atomic E-state index is 0.302. The van der Waals surface area contributed by atoms with Crippen LogP contribution in [0.3, 0.4) is 0 Å². The molecule has 2 amide bonds. The van der Waals surface area contributed by atoms with Gasteiger partial charge in [0.1, 0.15) is 11.6 Å². The second-order valence-corrected chi connectivity index (χ2v) is 6.27. The lowest BCUT2D eigenvalue weighted by Crippen LogP contribution is -2.30. The smallest absolute Gasteiger partial charge is 0.320 e. The fraction of sp³-hybridized carbons (Fsp3) is 0.0909. The highest BCUT2D eigenvalue weighted by Gasteiger charge is 2.06. The molecule has 0 spiro atoms. The number of rotatable bonds is 6. The van der Waals surface area contributed by atoms with Crippen LogP contribution in [0.15, 0.2) is 79.0 Å². The second-order valence-electron chi connectivity index (χ2n) is 6.27. The van der Waals surface area contributed by atoms with E-state index in [9.17, 15) is 4.79 Å². The Morgan fingerprint density at radius 3 is 2.68 bits per heavy atom. The van der Waals surface area contributed by atoms with Gasteiger partial charge in [-0.25, -0.2) is 4.79 Å². The van der Waals surface area contributed by atoms with E-state index in [4.69, 9.17) is 4.74 Å². The maximum Gasteiger partial charge on any atom is 0.320 e. The predicted octanol–water partition coefficient (Wildman–Crippen LogP) is 4.72. The fourth-order valence-corrected chi connectivity index (χ4v) is 2.96. The topological polar surface area (TPSA) is 79.0 Å². The fourth-order valence-electron chi connectivity index (χ4n) is 2.96. The molecule has 0 bridgehead atoms. The van der Waals surface area contributed by atoms with Crippen LogP contribution < -0.4 is 15.4 Å². The van der Waals surface area contributed by atoms with Gasteiger partial charge >= 0.3 is 6.03 Å². The number of carbonyl (C=O) groups excluding carboxylic acids is 1. The number of urea groups is 1. The molecule has 0 radical (unpaired) electrons. The summed E-state index contributed by atoms with van der Waals surface area (Å²) in [5.74, 6) is 1.54. The van der Waals surface area contributed by atoms with E-state index in [1.807, 2.05) is 54.7 Å². The molecule has 0 fully saturated rings. The van der Waals surface area contributed by atoms with Crippen LogP contribution in [-0.4, -0.2) is 22.5 Å². The van der Waals surface area contributed by atoms with Crippen molar-refractivity contribution < 1.29 is 9.53 Å². The van der Waals surface area contributed by atoms with Crippen molar-refractivity contribution in [3.05, 3.63) is 84.6 Å². The number of hydrogen-bond acceptors (Lipinski definition) is 3. The Balaban J connectivity index is 1.30. The molecule has 0 aliphatic rings. The molecule has 0 aliphatic heterocycles. The Labute approximate surface area is 162 Å². The molecule has 28 heavy (non-hydrogen) atoms. The Hall–Kier alpha value is -3.80. The van der Waals surface area contributed by atoms with E-state index in [0.717, 1.165) is 11.9 Å². The van der Waals surface area contributed by atoms with Gasteiger partial charge in [0.2, 0.25) is 5.88 Å². The van der Waals surface area contributed by atoms with Gasteiger partial charge in [0.05, 0.1) is 0 Å². The van der Waals surface area contributed by atoms with Crippen molar-refractivity contribution in [1.82, 2.24) is 15.3 Å². The van der Waals surface area contributed by atoms with E-state index < -0.39 is 0 Å². The molecule has 140 valence electrons. The van der Waals surface area contributed by atoms with Gasteiger partial charge in [-0.1, -0.05) is 42.5 Å². The number of benzene rings is 2. The monoisotopic (exact) mass is 372 g/mol. The number of H-pyrrole nitrogens is 1. The lowest BCUT2D eigenvalue weighted by Gasteiger charge is -2.09. The van der Waals surface area contributed by atoms with E-state index in [0.29, 0.717) is 24.0 Å². The number of nitrogens with zero attached hydrogens (tertiary/aromatic N) is 1. The minimum atomic E-state index is -0.302. The number of hydrogen-bond donors (Lipinski definition) is 3. The maximum absolute atomic E-state index is 12.2. The summed E-state index contributed by atoms with van der Waals surface area (Å²) in [6.07, 6.45) is 2.72. The third-order valence-corrected chi connectivity index (χ3v) is 4.29. The van der Waals surface area contributed by atoms with E-state index in [-0.39, 0.29) is 6.03 Å². The summed E-state index contributed by atoms with van der Waals surface area (Å²) in [6.45, 7) is 0.522. The summed E-state index contributed by atoms with van der Waals surface area (Å²) in [7, 11) is 0. The molecule has 2 aromatic carbocycles. The van der Waals surface area contributed by atoms with Gasteiger partial charge in [-0.3, -0.25) is 5.32 Å². The van der Waals surface area contributed by atoms with Gasteiger partial charge < -0.3 is 15.0 Å². The average Bonchev–Trinajstić information content (AvgIpc) is 3.12. The average molecular weight is 372 g/mol. The largest absolute Gasteiger partial charge is 0.439 e. The lowest BCUT2D eigenvalue weighted by molar-refractivity contribution is 0.252. The van der Waals surface area contributed by atoms with Crippen molar-refractivity contribution >= 4 is 22.8 Å². The summed E-state index contributed by atoms with van der Waals surface area (Å²) >= 11 is 0. The molecule has 0 atom stereocenters. The SMILES string of the molecule is O=C(NCCc1c[nH]c2ccccc12)Nc1cccc(Oc2ccccc2)n1. The molecule has 2 aromatic heterocycles. The molecule has 3 N–H and O–H groups in total. The summed E-state index contributed by atoms with van der Waals surface area (Å²) < 4.78 is 5.69. The number of pyridine rings is 1. The molecule has 0 saturated heterocycles. The van der Waals surface area contributed by atoms with E-state index >= 15 is 0 Å². The summed E-state index contributed by atoms with van der Waals surface area (Å²) in [6, 6.07) is 22.4. The van der Waals surface area contributed by atoms with Crippen molar-refractivity contribution in [2.24, 2.45) is 0 Å². The van der Waals surface area contributed by atoms with Crippen LogP contribution in [0.5, 0.6) is 11.6 Å². The zero-order valence-electron chi connectivity index (χ0n) is 15.2. The first kappa shape index (κ1) is 17.6. The number of anilines is 1. The number of aromatic nitrogens is 2. The molecule has 4 aromatic rings. The number of ether oxygens (including phenoxy) is 1. The third kappa shape index (κ3) is 4.29. The highest BCUT2D eigenvalue weighted by Crippen LogP contribution is 2.20. The highest BCUT2D eigenvalue weighted by atomic mass is 16.5. The zero-order chi connectivity index (χ0) is 19.2. The number of nitrogens with one attached hydrogen (secondary N) is 3. The zero-order valence-corrected chi connectivity index (χ0v) is 15.2. The van der Waals surface area contributed by atoms with Crippen molar-refractivity contribution in [1.29, 1.82) is 0 Å². The number of para-hydroxylation sites is 2. The van der Waals surface area contributed by atoms with Crippen LogP contribution in [0.25, 0.3) is 10.9 Å². The Morgan fingerprint density at radius 2 is 1.79 bits per heavy atom. The van der Waals surface area contributed by atoms with Crippen LogP contribution in [0.2, 0.25) is 0 Å². The van der Waals surface area contributed by atoms with Crippen molar-refractivity contribution in [3.63, 3.8) is 0 Å². The second kappa shape index (κ2) is 8.26. The van der Waals surface area contributed by atoms with Crippen molar-refractivity contribution in [2.75, 3.05) is 11.9 Å². The van der Waals surface area contributed by atoms with Gasteiger partial charge in [-0.2, -0.15) is 4.98 Å². The summed E-state index contributed by atoms with van der Waals surface area (Å²) in [4.78, 5) is 19.7. The van der Waals surface area contributed by atoms with Crippen LogP contribution in [-0.2, 0) is 6.42 Å². The van der Waals surface area contributed by atoms with Crippen LogP contribution >= 0.6 is 0 Å². The Bertz CT molecular complexity index is 1080. The minimum Gasteiger partial charge on any atom is -0.439 e. The van der Waals surface area contributed by atoms with Crippen LogP contribution in [0.4, 0.5) is 10.6 Å². The standard InChI is InChI=1S/C22H20N4O2/c27-22(23-14-13-16-15-24-19-10-5-4-9-18(16)19)26-20-11-6-12-21(25-20)28-17-7-2-1-3-8-17/h1-12,15,24H,13-14H2,(H2,23,25,26,27). The highest BCUT2D eigenvalue weighted by molar-refractivity contribution is 5.88.